The average Bonchev–Trinajstić information content (AvgIpc) is 3.30. The molecule has 7 N–H and O–H groups in total. The van der Waals surface area contributed by atoms with E-state index in [0.29, 0.717) is 12.8 Å². The third-order valence-corrected chi connectivity index (χ3v) is 11.5. The quantitative estimate of drug-likeness (QED) is 0.0205. The zero-order valence-corrected chi connectivity index (χ0v) is 39.5. The van der Waals surface area contributed by atoms with E-state index in [4.69, 9.17) is 28.4 Å². The lowest BCUT2D eigenvalue weighted by atomic mass is 9.98. The van der Waals surface area contributed by atoms with Gasteiger partial charge in [0, 0.05) is 12.8 Å². The molecule has 65 heavy (non-hydrogen) atoms. The predicted octanol–water partition coefficient (Wildman–Crippen LogP) is 6.32. The monoisotopic (exact) mass is 927 g/mol. The van der Waals surface area contributed by atoms with E-state index >= 15 is 0 Å². The van der Waals surface area contributed by atoms with Crippen molar-refractivity contribution >= 4 is 11.9 Å². The van der Waals surface area contributed by atoms with Gasteiger partial charge in [-0.25, -0.2) is 0 Å². The van der Waals surface area contributed by atoms with Crippen molar-refractivity contribution in [2.75, 3.05) is 26.4 Å². The van der Waals surface area contributed by atoms with Gasteiger partial charge in [0.05, 0.1) is 19.8 Å². The van der Waals surface area contributed by atoms with Crippen molar-refractivity contribution in [1.29, 1.82) is 0 Å². The van der Waals surface area contributed by atoms with Crippen molar-refractivity contribution in [3.8, 4) is 0 Å². The maximum Gasteiger partial charge on any atom is 0.306 e. The Morgan fingerprint density at radius 1 is 0.492 bits per heavy atom. The Morgan fingerprint density at radius 2 is 0.954 bits per heavy atom. The first kappa shape index (κ1) is 58.6. The van der Waals surface area contributed by atoms with E-state index in [1.54, 1.807) is 0 Å². The van der Waals surface area contributed by atoms with Crippen LogP contribution in [0.3, 0.4) is 0 Å². The van der Waals surface area contributed by atoms with Crippen LogP contribution >= 0.6 is 0 Å². The summed E-state index contributed by atoms with van der Waals surface area (Å²) in [6.45, 7) is 2.47. The van der Waals surface area contributed by atoms with Crippen molar-refractivity contribution in [2.45, 2.75) is 229 Å². The second-order valence-electron chi connectivity index (χ2n) is 17.3. The molecule has 0 aromatic carbocycles. The molecule has 2 aliphatic rings. The largest absolute Gasteiger partial charge is 0.462 e. The second-order valence-corrected chi connectivity index (χ2v) is 17.3. The third-order valence-electron chi connectivity index (χ3n) is 11.5. The van der Waals surface area contributed by atoms with Gasteiger partial charge in [-0.05, 0) is 51.4 Å². The van der Waals surface area contributed by atoms with E-state index < -0.39 is 99.3 Å². The lowest BCUT2D eigenvalue weighted by Crippen LogP contribution is -2.61. The number of rotatable bonds is 37. The number of aliphatic hydroxyl groups excluding tert-OH is 7. The van der Waals surface area contributed by atoms with Crippen molar-refractivity contribution in [2.24, 2.45) is 0 Å². The van der Waals surface area contributed by atoms with E-state index in [1.165, 1.54) is 57.8 Å². The van der Waals surface area contributed by atoms with Gasteiger partial charge in [-0.2, -0.15) is 0 Å². The highest BCUT2D eigenvalue weighted by atomic mass is 16.7. The first-order valence-corrected chi connectivity index (χ1v) is 24.7. The van der Waals surface area contributed by atoms with Crippen molar-refractivity contribution in [1.82, 2.24) is 0 Å². The summed E-state index contributed by atoms with van der Waals surface area (Å²) in [7, 11) is 0. The number of hydrogen-bond acceptors (Lipinski definition) is 15. The predicted molar refractivity (Wildman–Crippen MR) is 247 cm³/mol. The van der Waals surface area contributed by atoms with Gasteiger partial charge in [0.25, 0.3) is 0 Å². The Labute approximate surface area is 388 Å². The van der Waals surface area contributed by atoms with Crippen molar-refractivity contribution in [3.05, 3.63) is 48.6 Å². The molecule has 376 valence electrons. The molecule has 2 rings (SSSR count). The molecule has 2 aliphatic heterocycles. The van der Waals surface area contributed by atoms with E-state index in [1.807, 2.05) is 0 Å². The maximum absolute atomic E-state index is 13.0. The number of allylic oxidation sites excluding steroid dienone is 8. The molecule has 0 aromatic heterocycles. The van der Waals surface area contributed by atoms with E-state index in [2.05, 4.69) is 62.5 Å². The molecule has 0 saturated carbocycles. The van der Waals surface area contributed by atoms with Gasteiger partial charge in [0.15, 0.2) is 18.7 Å². The summed E-state index contributed by atoms with van der Waals surface area (Å²) in [5, 5.41) is 72.0. The topological polar surface area (TPSA) is 231 Å². The average molecular weight is 927 g/mol. The summed E-state index contributed by atoms with van der Waals surface area (Å²) < 4.78 is 33.5. The lowest BCUT2D eigenvalue weighted by Gasteiger charge is -2.42. The number of unbranched alkanes of at least 4 members (excludes halogenated alkanes) is 15. The molecule has 0 aromatic rings. The Morgan fingerprint density at radius 3 is 1.51 bits per heavy atom. The minimum Gasteiger partial charge on any atom is -0.462 e. The minimum atomic E-state index is -1.77. The molecular weight excluding hydrogens is 841 g/mol. The maximum atomic E-state index is 13.0. The fourth-order valence-corrected chi connectivity index (χ4v) is 7.44. The number of esters is 2. The van der Waals surface area contributed by atoms with E-state index in [-0.39, 0.29) is 19.4 Å². The van der Waals surface area contributed by atoms with Crippen LogP contribution < -0.4 is 0 Å². The zero-order valence-electron chi connectivity index (χ0n) is 39.5. The fourth-order valence-electron chi connectivity index (χ4n) is 7.44. The summed E-state index contributed by atoms with van der Waals surface area (Å²) in [6.07, 6.45) is 22.9. The SMILES string of the molecule is CCC/C=C/C/C=C/C/C=C/C/C=C/CCCCCC(=O)OC[C@@H](CO[C@@H]1O[C@H](CO[C@@H]2O[C@H](CO)[C@H](O)C(O)C2O)[C@H](O)C(O)C1O)OC(=O)CCCCCCCCCCCCCC. The van der Waals surface area contributed by atoms with Gasteiger partial charge in [0.1, 0.15) is 55.4 Å². The number of carbonyl (C=O) groups is 2. The van der Waals surface area contributed by atoms with Crippen molar-refractivity contribution < 1.29 is 73.8 Å². The number of hydrogen-bond donors (Lipinski definition) is 7. The standard InChI is InChI=1S/C50H86O15/c1-3-5-7-9-11-13-15-17-18-19-20-21-23-24-26-28-30-32-41(52)60-35-38(63-42(53)33-31-29-27-25-22-16-14-12-10-8-6-4-2)36-61-49-48(59)46(57)44(55)40(65-49)37-62-50-47(58)45(56)43(54)39(34-51)64-50/h7,9,13,15,18-19,21,23,38-40,43-51,54-59H,3-6,8,10-12,14,16-17,20,22,24-37H2,1-2H3/b9-7+,15-13+,19-18+,23-21+/t38-,39+,40+,43-,44-,45?,46?,47?,48?,49+,50+/m0/s1. The Balaban J connectivity index is 1.84. The Bertz CT molecular complexity index is 1320. The minimum absolute atomic E-state index is 0.159. The lowest BCUT2D eigenvalue weighted by molar-refractivity contribution is -0.332. The van der Waals surface area contributed by atoms with E-state index in [9.17, 15) is 45.3 Å². The fraction of sp³-hybridized carbons (Fsp3) is 0.800. The van der Waals surface area contributed by atoms with Crippen LogP contribution in [0.5, 0.6) is 0 Å². The third kappa shape index (κ3) is 26.0. The normalized spacial score (nSPS) is 26.8. The Hall–Kier alpha value is -2.54. The second kappa shape index (κ2) is 37.4. The highest BCUT2D eigenvalue weighted by Gasteiger charge is 2.47. The van der Waals surface area contributed by atoms with Crippen LogP contribution in [0.25, 0.3) is 0 Å². The molecule has 2 saturated heterocycles. The molecule has 15 heteroatoms. The van der Waals surface area contributed by atoms with Crippen LogP contribution in [0.15, 0.2) is 48.6 Å². The molecule has 2 fully saturated rings. The summed E-state index contributed by atoms with van der Waals surface area (Å²) >= 11 is 0. The van der Waals surface area contributed by atoms with Crippen molar-refractivity contribution in [3.63, 3.8) is 0 Å². The summed E-state index contributed by atoms with van der Waals surface area (Å²) in [4.78, 5) is 25.7. The van der Waals surface area contributed by atoms with Crippen LogP contribution in [0, 0.1) is 0 Å². The number of carbonyl (C=O) groups excluding carboxylic acids is 2. The van der Waals surface area contributed by atoms with Gasteiger partial charge >= 0.3 is 11.9 Å². The van der Waals surface area contributed by atoms with Crippen LogP contribution in [0.4, 0.5) is 0 Å². The van der Waals surface area contributed by atoms with Crippen LogP contribution in [0.2, 0.25) is 0 Å². The molecule has 4 unspecified atom stereocenters. The van der Waals surface area contributed by atoms with Crippen LogP contribution in [-0.2, 0) is 38.0 Å². The highest BCUT2D eigenvalue weighted by molar-refractivity contribution is 5.70. The molecule has 0 radical (unpaired) electrons. The van der Waals surface area contributed by atoms with Gasteiger partial charge < -0.3 is 64.2 Å². The van der Waals surface area contributed by atoms with Gasteiger partial charge in [-0.3, -0.25) is 9.59 Å². The number of aliphatic hydroxyl groups is 7. The molecule has 0 amide bonds. The number of ether oxygens (including phenoxy) is 6. The summed E-state index contributed by atoms with van der Waals surface area (Å²) in [5.74, 6) is -0.962. The Kier molecular flexibility index (Phi) is 33.7. The van der Waals surface area contributed by atoms with E-state index in [0.717, 1.165) is 64.2 Å². The molecule has 15 nitrogen and oxygen atoms in total. The zero-order chi connectivity index (χ0) is 47.5. The first-order valence-electron chi connectivity index (χ1n) is 24.7. The molecule has 0 bridgehead atoms. The van der Waals surface area contributed by atoms with Gasteiger partial charge in [-0.1, -0.05) is 146 Å². The molecule has 0 aliphatic carbocycles. The smallest absolute Gasteiger partial charge is 0.306 e. The molecule has 2 heterocycles. The highest BCUT2D eigenvalue weighted by Crippen LogP contribution is 2.26. The van der Waals surface area contributed by atoms with Gasteiger partial charge in [0.2, 0.25) is 0 Å². The van der Waals surface area contributed by atoms with Gasteiger partial charge in [-0.15, -0.1) is 0 Å². The summed E-state index contributed by atoms with van der Waals surface area (Å²) in [6, 6.07) is 0. The van der Waals surface area contributed by atoms with Crippen LogP contribution in [0.1, 0.15) is 162 Å². The summed E-state index contributed by atoms with van der Waals surface area (Å²) in [5.41, 5.74) is 0. The molecule has 11 atom stereocenters. The molecule has 0 spiro atoms. The first-order chi connectivity index (χ1) is 31.5. The molecular formula is C50H86O15. The van der Waals surface area contributed by atoms with Crippen LogP contribution in [-0.4, -0.2) is 142 Å².